The van der Waals surface area contributed by atoms with Gasteiger partial charge in [-0.3, -0.25) is 0 Å². The van der Waals surface area contributed by atoms with E-state index >= 15 is 0 Å². The van der Waals surface area contributed by atoms with E-state index in [2.05, 4.69) is 0 Å². The van der Waals surface area contributed by atoms with Crippen LogP contribution in [-0.2, 0) is 9.84 Å². The van der Waals surface area contributed by atoms with Gasteiger partial charge in [0.1, 0.15) is 0 Å². The minimum atomic E-state index is -3.39. The van der Waals surface area contributed by atoms with E-state index in [1.165, 1.54) is 6.07 Å². The number of nitrogens with two attached hydrogens (primary N) is 1. The van der Waals surface area contributed by atoms with Crippen LogP contribution in [0, 0.1) is 6.92 Å². The molecule has 5 heteroatoms. The SMILES string of the molecule is Cc1cc(N)cc(S(=O)(=O)CCO)c1. The Morgan fingerprint density at radius 3 is 2.50 bits per heavy atom. The monoisotopic (exact) mass is 215 g/mol. The van der Waals surface area contributed by atoms with E-state index < -0.39 is 9.84 Å². The van der Waals surface area contributed by atoms with E-state index in [0.29, 0.717) is 5.69 Å². The third-order valence-electron chi connectivity index (χ3n) is 1.79. The zero-order valence-corrected chi connectivity index (χ0v) is 8.71. The third-order valence-corrected chi connectivity index (χ3v) is 3.47. The van der Waals surface area contributed by atoms with E-state index in [4.69, 9.17) is 10.8 Å². The van der Waals surface area contributed by atoms with Gasteiger partial charge < -0.3 is 10.8 Å². The van der Waals surface area contributed by atoms with E-state index in [1.807, 2.05) is 0 Å². The molecule has 1 aromatic carbocycles. The van der Waals surface area contributed by atoms with E-state index in [-0.39, 0.29) is 17.3 Å². The Labute approximate surface area is 83.3 Å². The summed E-state index contributed by atoms with van der Waals surface area (Å²) in [4.78, 5) is 0.170. The lowest BCUT2D eigenvalue weighted by atomic mass is 10.2. The van der Waals surface area contributed by atoms with Gasteiger partial charge in [0.2, 0.25) is 0 Å². The lowest BCUT2D eigenvalue weighted by molar-refractivity contribution is 0.319. The second-order valence-electron chi connectivity index (χ2n) is 3.12. The lowest BCUT2D eigenvalue weighted by Crippen LogP contribution is -2.10. The van der Waals surface area contributed by atoms with Crippen LogP contribution in [0.2, 0.25) is 0 Å². The van der Waals surface area contributed by atoms with Crippen LogP contribution in [0.3, 0.4) is 0 Å². The van der Waals surface area contributed by atoms with E-state index in [1.54, 1.807) is 19.1 Å². The van der Waals surface area contributed by atoms with Gasteiger partial charge in [0, 0.05) is 5.69 Å². The molecule has 1 rings (SSSR count). The maximum absolute atomic E-state index is 11.5. The van der Waals surface area contributed by atoms with Gasteiger partial charge in [0.05, 0.1) is 17.3 Å². The molecule has 0 aliphatic rings. The molecule has 1 aromatic rings. The molecule has 0 aliphatic carbocycles. The van der Waals surface area contributed by atoms with E-state index in [9.17, 15) is 8.42 Å². The number of rotatable bonds is 3. The van der Waals surface area contributed by atoms with Crippen LogP contribution in [-0.4, -0.2) is 25.9 Å². The summed E-state index contributed by atoms with van der Waals surface area (Å²) < 4.78 is 23.0. The van der Waals surface area contributed by atoms with Crippen molar-refractivity contribution >= 4 is 15.5 Å². The Balaban J connectivity index is 3.19. The first kappa shape index (κ1) is 11.0. The zero-order valence-electron chi connectivity index (χ0n) is 7.90. The fraction of sp³-hybridized carbons (Fsp3) is 0.333. The van der Waals surface area contributed by atoms with Crippen molar-refractivity contribution in [2.45, 2.75) is 11.8 Å². The first-order chi connectivity index (χ1) is 6.45. The minimum absolute atomic E-state index is 0.170. The minimum Gasteiger partial charge on any atom is -0.399 e. The van der Waals surface area contributed by atoms with Crippen LogP contribution in [0.1, 0.15) is 5.56 Å². The lowest BCUT2D eigenvalue weighted by Gasteiger charge is -2.04. The quantitative estimate of drug-likeness (QED) is 0.713. The second-order valence-corrected chi connectivity index (χ2v) is 5.23. The number of nitrogen functional groups attached to an aromatic ring is 1. The largest absolute Gasteiger partial charge is 0.399 e. The normalized spacial score (nSPS) is 11.6. The first-order valence-corrected chi connectivity index (χ1v) is 5.82. The molecule has 0 fully saturated rings. The Hall–Kier alpha value is -1.07. The average molecular weight is 215 g/mol. The number of hydrogen-bond donors (Lipinski definition) is 2. The Morgan fingerprint density at radius 1 is 1.36 bits per heavy atom. The molecule has 0 atom stereocenters. The first-order valence-electron chi connectivity index (χ1n) is 4.16. The Bertz CT molecular complexity index is 405. The van der Waals surface area contributed by atoms with Gasteiger partial charge in [-0.2, -0.15) is 0 Å². The average Bonchev–Trinajstić information content (AvgIpc) is 2.02. The fourth-order valence-corrected chi connectivity index (χ4v) is 2.35. The van der Waals surface area contributed by atoms with Gasteiger partial charge in [-0.1, -0.05) is 0 Å². The molecule has 14 heavy (non-hydrogen) atoms. The van der Waals surface area contributed by atoms with Gasteiger partial charge in [-0.25, -0.2) is 8.42 Å². The molecule has 4 nitrogen and oxygen atoms in total. The summed E-state index contributed by atoms with van der Waals surface area (Å²) in [5.74, 6) is -0.268. The number of aliphatic hydroxyl groups excluding tert-OH is 1. The number of hydrogen-bond acceptors (Lipinski definition) is 4. The van der Waals surface area contributed by atoms with Crippen molar-refractivity contribution in [2.24, 2.45) is 0 Å². The summed E-state index contributed by atoms with van der Waals surface area (Å²) in [6.07, 6.45) is 0. The van der Waals surface area contributed by atoms with Crippen molar-refractivity contribution in [1.82, 2.24) is 0 Å². The summed E-state index contributed by atoms with van der Waals surface area (Å²) in [6.45, 7) is 1.39. The van der Waals surface area contributed by atoms with Crippen LogP contribution < -0.4 is 5.73 Å². The van der Waals surface area contributed by atoms with E-state index in [0.717, 1.165) is 5.56 Å². The molecule has 0 bridgehead atoms. The van der Waals surface area contributed by atoms with Crippen molar-refractivity contribution in [3.63, 3.8) is 0 Å². The van der Waals surface area contributed by atoms with Gasteiger partial charge >= 0.3 is 0 Å². The molecule has 0 saturated heterocycles. The molecule has 0 aromatic heterocycles. The van der Waals surface area contributed by atoms with Crippen molar-refractivity contribution in [3.8, 4) is 0 Å². The molecule has 0 unspecified atom stereocenters. The maximum Gasteiger partial charge on any atom is 0.180 e. The molecule has 0 heterocycles. The molecule has 0 radical (unpaired) electrons. The van der Waals surface area contributed by atoms with Crippen molar-refractivity contribution in [3.05, 3.63) is 23.8 Å². The summed E-state index contributed by atoms with van der Waals surface area (Å²) in [5.41, 5.74) is 6.74. The fourth-order valence-electron chi connectivity index (χ4n) is 1.19. The predicted molar refractivity (Wildman–Crippen MR) is 54.7 cm³/mol. The summed E-state index contributed by atoms with van der Waals surface area (Å²) in [7, 11) is -3.39. The van der Waals surface area contributed by atoms with Crippen LogP contribution in [0.5, 0.6) is 0 Å². The smallest absolute Gasteiger partial charge is 0.180 e. The number of anilines is 1. The molecular weight excluding hydrogens is 202 g/mol. The standard InChI is InChI=1S/C9H13NO3S/c1-7-4-8(10)6-9(5-7)14(12,13)3-2-11/h4-6,11H,2-3,10H2,1H3. The van der Waals surface area contributed by atoms with Crippen molar-refractivity contribution < 1.29 is 13.5 Å². The van der Waals surface area contributed by atoms with Crippen LogP contribution in [0.4, 0.5) is 5.69 Å². The number of aliphatic hydroxyl groups is 1. The summed E-state index contributed by atoms with van der Waals surface area (Å²) in [5, 5.41) is 8.59. The number of aryl methyl sites for hydroxylation is 1. The molecule has 0 spiro atoms. The van der Waals surface area contributed by atoms with Crippen molar-refractivity contribution in [1.29, 1.82) is 0 Å². The number of sulfone groups is 1. The second kappa shape index (κ2) is 3.98. The highest BCUT2D eigenvalue weighted by Crippen LogP contribution is 2.17. The van der Waals surface area contributed by atoms with Gasteiger partial charge in [-0.15, -0.1) is 0 Å². The highest BCUT2D eigenvalue weighted by Gasteiger charge is 2.14. The van der Waals surface area contributed by atoms with Crippen LogP contribution >= 0.6 is 0 Å². The predicted octanol–water partition coefficient (Wildman–Crippen LogP) is 0.343. The molecule has 0 aliphatic heterocycles. The summed E-state index contributed by atoms with van der Waals surface area (Å²) in [6, 6.07) is 4.64. The van der Waals surface area contributed by atoms with Gasteiger partial charge in [0.15, 0.2) is 9.84 Å². The van der Waals surface area contributed by atoms with Crippen LogP contribution in [0.15, 0.2) is 23.1 Å². The molecule has 0 amide bonds. The highest BCUT2D eigenvalue weighted by molar-refractivity contribution is 7.91. The highest BCUT2D eigenvalue weighted by atomic mass is 32.2. The van der Waals surface area contributed by atoms with Gasteiger partial charge in [0.25, 0.3) is 0 Å². The molecule has 3 N–H and O–H groups in total. The Kier molecular flexibility index (Phi) is 3.13. The van der Waals surface area contributed by atoms with Crippen molar-refractivity contribution in [2.75, 3.05) is 18.1 Å². The maximum atomic E-state index is 11.5. The number of benzene rings is 1. The van der Waals surface area contributed by atoms with Gasteiger partial charge in [-0.05, 0) is 30.7 Å². The topological polar surface area (TPSA) is 80.4 Å². The third kappa shape index (κ3) is 2.46. The summed E-state index contributed by atoms with van der Waals surface area (Å²) >= 11 is 0. The zero-order chi connectivity index (χ0) is 10.8. The van der Waals surface area contributed by atoms with Crippen LogP contribution in [0.25, 0.3) is 0 Å². The Morgan fingerprint density at radius 2 is 2.00 bits per heavy atom. The molecule has 78 valence electrons. The molecular formula is C9H13NO3S. The molecule has 0 saturated carbocycles.